The summed E-state index contributed by atoms with van der Waals surface area (Å²) in [5.41, 5.74) is -2.86. The van der Waals surface area contributed by atoms with Gasteiger partial charge in [0.05, 0.1) is 0 Å². The zero-order chi connectivity index (χ0) is 18.6. The van der Waals surface area contributed by atoms with E-state index in [1.165, 1.54) is 48.5 Å². The predicted octanol–water partition coefficient (Wildman–Crippen LogP) is 2.40. The van der Waals surface area contributed by atoms with Gasteiger partial charge in [-0.25, -0.2) is 4.39 Å². The van der Waals surface area contributed by atoms with Crippen molar-refractivity contribution in [1.29, 1.82) is 0 Å². The highest BCUT2D eigenvalue weighted by Gasteiger charge is 2.54. The minimum Gasteiger partial charge on any atom is -0.480 e. The van der Waals surface area contributed by atoms with Crippen molar-refractivity contribution in [2.24, 2.45) is 5.41 Å². The molecule has 0 aliphatic rings. The lowest BCUT2D eigenvalue weighted by Gasteiger charge is -2.20. The Hall–Kier alpha value is -3.42. The van der Waals surface area contributed by atoms with Gasteiger partial charge in [-0.05, 0) is 42.0 Å². The molecule has 2 aromatic rings. The van der Waals surface area contributed by atoms with Gasteiger partial charge in [0.15, 0.2) is 0 Å². The molecule has 0 amide bonds. The van der Waals surface area contributed by atoms with Gasteiger partial charge in [-0.3, -0.25) is 14.4 Å². The summed E-state index contributed by atoms with van der Waals surface area (Å²) < 4.78 is 18.3. The molecule has 0 aromatic heterocycles. The quantitative estimate of drug-likeness (QED) is 0.657. The average molecular weight is 348 g/mol. The molecule has 130 valence electrons. The molecule has 0 aliphatic heterocycles. The molecule has 7 nitrogen and oxygen atoms in total. The lowest BCUT2D eigenvalue weighted by Crippen LogP contribution is -2.48. The van der Waals surface area contributed by atoms with E-state index in [-0.39, 0.29) is 11.3 Å². The molecule has 3 N–H and O–H groups in total. The molecule has 8 heteroatoms. The van der Waals surface area contributed by atoms with Crippen molar-refractivity contribution in [3.8, 4) is 11.5 Å². The molecule has 0 atom stereocenters. The maximum atomic E-state index is 12.9. The van der Waals surface area contributed by atoms with Crippen LogP contribution in [0.15, 0.2) is 48.5 Å². The average Bonchev–Trinajstić information content (AvgIpc) is 2.54. The van der Waals surface area contributed by atoms with E-state index in [0.717, 1.165) is 0 Å². The van der Waals surface area contributed by atoms with Gasteiger partial charge in [-0.15, -0.1) is 0 Å². The van der Waals surface area contributed by atoms with Gasteiger partial charge in [0.2, 0.25) is 0 Å². The Morgan fingerprint density at radius 1 is 0.880 bits per heavy atom. The van der Waals surface area contributed by atoms with Crippen LogP contribution in [0.2, 0.25) is 0 Å². The number of carbonyl (C=O) groups is 3. The van der Waals surface area contributed by atoms with Crippen LogP contribution in [0.3, 0.4) is 0 Å². The molecule has 0 bridgehead atoms. The number of carboxylic acids is 3. The van der Waals surface area contributed by atoms with Crippen LogP contribution in [-0.2, 0) is 20.8 Å². The zero-order valence-corrected chi connectivity index (χ0v) is 12.7. The first-order chi connectivity index (χ1) is 11.8. The Labute approximate surface area is 140 Å². The molecular weight excluding hydrogens is 335 g/mol. The smallest absolute Gasteiger partial charge is 0.333 e. The third kappa shape index (κ3) is 3.74. The largest absolute Gasteiger partial charge is 0.480 e. The molecule has 0 saturated carbocycles. The third-order valence-corrected chi connectivity index (χ3v) is 3.51. The van der Waals surface area contributed by atoms with Crippen molar-refractivity contribution in [3.63, 3.8) is 0 Å². The maximum Gasteiger partial charge on any atom is 0.333 e. The highest BCUT2D eigenvalue weighted by Crippen LogP contribution is 2.28. The van der Waals surface area contributed by atoms with Crippen LogP contribution in [-0.4, -0.2) is 33.2 Å². The summed E-state index contributed by atoms with van der Waals surface area (Å²) in [6, 6.07) is 10.8. The molecule has 0 heterocycles. The molecule has 0 spiro atoms. The monoisotopic (exact) mass is 348 g/mol. The molecular formula is C17H13FO7. The number of hydrogen-bond donors (Lipinski definition) is 3. The number of benzene rings is 2. The van der Waals surface area contributed by atoms with E-state index in [4.69, 9.17) is 20.1 Å². The number of aliphatic carboxylic acids is 3. The van der Waals surface area contributed by atoms with Crippen LogP contribution in [0.1, 0.15) is 5.56 Å². The van der Waals surface area contributed by atoms with E-state index < -0.39 is 35.6 Å². The molecule has 2 aromatic carbocycles. The maximum absolute atomic E-state index is 12.9. The van der Waals surface area contributed by atoms with Gasteiger partial charge in [-0.1, -0.05) is 12.1 Å². The second-order valence-electron chi connectivity index (χ2n) is 5.20. The summed E-state index contributed by atoms with van der Waals surface area (Å²) in [5, 5.41) is 27.4. The highest BCUT2D eigenvalue weighted by atomic mass is 19.1. The third-order valence-electron chi connectivity index (χ3n) is 3.51. The minimum atomic E-state index is -3.01. The second kappa shape index (κ2) is 7.00. The zero-order valence-electron chi connectivity index (χ0n) is 12.7. The summed E-state index contributed by atoms with van der Waals surface area (Å²) in [5.74, 6) is -5.85. The Balaban J connectivity index is 2.31. The number of hydrogen-bond acceptors (Lipinski definition) is 4. The topological polar surface area (TPSA) is 121 Å². The molecule has 0 radical (unpaired) electrons. The number of rotatable bonds is 7. The summed E-state index contributed by atoms with van der Waals surface area (Å²) in [6.07, 6.45) is -0.770. The normalized spacial score (nSPS) is 10.9. The van der Waals surface area contributed by atoms with Gasteiger partial charge < -0.3 is 20.1 Å². The molecule has 25 heavy (non-hydrogen) atoms. The molecule has 0 aliphatic carbocycles. The van der Waals surface area contributed by atoms with Crippen molar-refractivity contribution < 1.29 is 38.8 Å². The van der Waals surface area contributed by atoms with E-state index in [2.05, 4.69) is 0 Å². The van der Waals surface area contributed by atoms with E-state index in [1.807, 2.05) is 0 Å². The molecule has 2 rings (SSSR count). The summed E-state index contributed by atoms with van der Waals surface area (Å²) in [4.78, 5) is 33.9. The Kier molecular flexibility index (Phi) is 5.02. The fourth-order valence-corrected chi connectivity index (χ4v) is 2.17. The van der Waals surface area contributed by atoms with Crippen LogP contribution >= 0.6 is 0 Å². The fourth-order valence-electron chi connectivity index (χ4n) is 2.17. The minimum absolute atomic E-state index is 0.145. The van der Waals surface area contributed by atoms with E-state index in [1.54, 1.807) is 0 Å². The number of carboxylic acid groups (broad SMARTS) is 3. The highest BCUT2D eigenvalue weighted by molar-refractivity contribution is 6.16. The van der Waals surface area contributed by atoms with Crippen molar-refractivity contribution in [2.45, 2.75) is 6.42 Å². The number of halogens is 1. The van der Waals surface area contributed by atoms with Crippen molar-refractivity contribution in [3.05, 3.63) is 59.9 Å². The van der Waals surface area contributed by atoms with Gasteiger partial charge in [0.1, 0.15) is 17.3 Å². The molecule has 0 unspecified atom stereocenters. The first-order valence-corrected chi connectivity index (χ1v) is 6.98. The van der Waals surface area contributed by atoms with E-state index in [0.29, 0.717) is 5.75 Å². The standard InChI is InChI=1S/C17H13FO7/c18-11-4-6-12(7-5-11)25-13-3-1-2-10(8-13)9-17(14(19)20,15(21)22)16(23)24/h1-8H,9H2,(H,19,20)(H,21,22)(H,23,24). The summed E-state index contributed by atoms with van der Waals surface area (Å²) in [7, 11) is 0. The van der Waals surface area contributed by atoms with Crippen LogP contribution in [0.4, 0.5) is 4.39 Å². The van der Waals surface area contributed by atoms with Crippen LogP contribution in [0.5, 0.6) is 11.5 Å². The molecule has 0 saturated heterocycles. The first kappa shape index (κ1) is 17.9. The lowest BCUT2D eigenvalue weighted by atomic mass is 9.81. The summed E-state index contributed by atoms with van der Waals surface area (Å²) in [6.45, 7) is 0. The van der Waals surface area contributed by atoms with Gasteiger partial charge >= 0.3 is 17.9 Å². The van der Waals surface area contributed by atoms with Gasteiger partial charge in [0, 0.05) is 6.42 Å². The number of ether oxygens (including phenoxy) is 1. The molecule has 0 fully saturated rings. The van der Waals surface area contributed by atoms with Crippen LogP contribution in [0, 0.1) is 11.2 Å². The fraction of sp³-hybridized carbons (Fsp3) is 0.118. The van der Waals surface area contributed by atoms with Crippen molar-refractivity contribution in [2.75, 3.05) is 0 Å². The Morgan fingerprint density at radius 3 is 1.96 bits per heavy atom. The van der Waals surface area contributed by atoms with E-state index >= 15 is 0 Å². The first-order valence-electron chi connectivity index (χ1n) is 6.98. The van der Waals surface area contributed by atoms with Crippen molar-refractivity contribution >= 4 is 17.9 Å². The van der Waals surface area contributed by atoms with Gasteiger partial charge in [-0.2, -0.15) is 0 Å². The lowest BCUT2D eigenvalue weighted by molar-refractivity contribution is -0.175. The Morgan fingerprint density at radius 2 is 1.44 bits per heavy atom. The van der Waals surface area contributed by atoms with Gasteiger partial charge in [0.25, 0.3) is 5.41 Å². The summed E-state index contributed by atoms with van der Waals surface area (Å²) >= 11 is 0. The van der Waals surface area contributed by atoms with Crippen LogP contribution in [0.25, 0.3) is 0 Å². The SMILES string of the molecule is O=C(O)C(Cc1cccc(Oc2ccc(F)cc2)c1)(C(=O)O)C(=O)O. The second-order valence-corrected chi connectivity index (χ2v) is 5.20. The Bertz CT molecular complexity index is 778. The van der Waals surface area contributed by atoms with Crippen molar-refractivity contribution in [1.82, 2.24) is 0 Å². The van der Waals surface area contributed by atoms with Crippen LogP contribution < -0.4 is 4.74 Å². The predicted molar refractivity (Wildman–Crippen MR) is 82.0 cm³/mol. The van der Waals surface area contributed by atoms with E-state index in [9.17, 15) is 18.8 Å².